The fourth-order valence-electron chi connectivity index (χ4n) is 3.31. The Morgan fingerprint density at radius 3 is 2.17 bits per heavy atom. The molecule has 0 aliphatic carbocycles. The summed E-state index contributed by atoms with van der Waals surface area (Å²) in [5, 5.41) is 0. The molecule has 30 heavy (non-hydrogen) atoms. The van der Waals surface area contributed by atoms with Crippen LogP contribution in [0.5, 0.6) is 5.75 Å². The number of sulfonamides is 1. The molecule has 1 saturated heterocycles. The van der Waals surface area contributed by atoms with Crippen molar-refractivity contribution in [2.45, 2.75) is 18.7 Å². The van der Waals surface area contributed by atoms with Crippen LogP contribution < -0.4 is 9.04 Å². The highest BCUT2D eigenvalue weighted by Crippen LogP contribution is 2.26. The zero-order valence-electron chi connectivity index (χ0n) is 17.7. The lowest BCUT2D eigenvalue weighted by Crippen LogP contribution is -2.50. The van der Waals surface area contributed by atoms with Crippen LogP contribution in [0.1, 0.15) is 12.5 Å². The molecule has 0 bridgehead atoms. The van der Waals surface area contributed by atoms with Crippen LogP contribution in [0.3, 0.4) is 0 Å². The van der Waals surface area contributed by atoms with Gasteiger partial charge in [-0.3, -0.25) is 9.10 Å². The molecule has 2 aromatic rings. The molecular formula is C22H29N3O4S. The molecular weight excluding hydrogens is 402 g/mol. The summed E-state index contributed by atoms with van der Waals surface area (Å²) in [5.41, 5.74) is 1.40. The van der Waals surface area contributed by atoms with E-state index in [-0.39, 0.29) is 17.3 Å². The number of carbonyl (C=O) groups excluding carboxylic acids is 1. The standard InChI is InChI=1S/C22H29N3O4S/c1-4-29-20-9-7-19(8-10-20)25(17-22(26)24-15-13-23(3)14-16-24)30(27,28)21-11-5-18(2)6-12-21/h5-12H,4,13-17H2,1-3H3. The highest BCUT2D eigenvalue weighted by atomic mass is 32.2. The van der Waals surface area contributed by atoms with Gasteiger partial charge in [0.15, 0.2) is 0 Å². The molecule has 0 unspecified atom stereocenters. The summed E-state index contributed by atoms with van der Waals surface area (Å²) in [6.45, 7) is 6.81. The third kappa shape index (κ3) is 5.12. The molecule has 0 saturated carbocycles. The molecule has 7 nitrogen and oxygen atoms in total. The number of carbonyl (C=O) groups is 1. The number of hydrogen-bond acceptors (Lipinski definition) is 5. The first-order chi connectivity index (χ1) is 14.3. The quantitative estimate of drug-likeness (QED) is 0.673. The molecule has 0 aromatic heterocycles. The molecule has 0 radical (unpaired) electrons. The zero-order chi connectivity index (χ0) is 21.7. The number of likely N-dealkylation sites (N-methyl/N-ethyl adjacent to an activating group) is 1. The summed E-state index contributed by atoms with van der Waals surface area (Å²) in [6.07, 6.45) is 0. The molecule has 0 spiro atoms. The molecule has 162 valence electrons. The fourth-order valence-corrected chi connectivity index (χ4v) is 4.72. The lowest BCUT2D eigenvalue weighted by Gasteiger charge is -2.34. The highest BCUT2D eigenvalue weighted by Gasteiger charge is 2.30. The summed E-state index contributed by atoms with van der Waals surface area (Å²) in [4.78, 5) is 17.0. The SMILES string of the molecule is CCOc1ccc(N(CC(=O)N2CCN(C)CC2)S(=O)(=O)c2ccc(C)cc2)cc1. The first kappa shape index (κ1) is 22.1. The van der Waals surface area contributed by atoms with Crippen LogP contribution in [0.25, 0.3) is 0 Å². The molecule has 1 fully saturated rings. The van der Waals surface area contributed by atoms with Crippen LogP contribution in [0.15, 0.2) is 53.4 Å². The van der Waals surface area contributed by atoms with Gasteiger partial charge in [0.25, 0.3) is 10.0 Å². The van der Waals surface area contributed by atoms with Gasteiger partial charge in [0.05, 0.1) is 17.2 Å². The first-order valence-electron chi connectivity index (χ1n) is 10.1. The molecule has 1 aliphatic rings. The van der Waals surface area contributed by atoms with E-state index in [9.17, 15) is 13.2 Å². The number of hydrogen-bond donors (Lipinski definition) is 0. The van der Waals surface area contributed by atoms with Crippen molar-refractivity contribution in [1.29, 1.82) is 0 Å². The van der Waals surface area contributed by atoms with Gasteiger partial charge in [0, 0.05) is 26.2 Å². The zero-order valence-corrected chi connectivity index (χ0v) is 18.6. The summed E-state index contributed by atoms with van der Waals surface area (Å²) in [5.74, 6) is 0.451. The lowest BCUT2D eigenvalue weighted by molar-refractivity contribution is -0.131. The van der Waals surface area contributed by atoms with Gasteiger partial charge in [-0.1, -0.05) is 17.7 Å². The smallest absolute Gasteiger partial charge is 0.264 e. The number of aryl methyl sites for hydroxylation is 1. The van der Waals surface area contributed by atoms with E-state index in [0.29, 0.717) is 31.1 Å². The van der Waals surface area contributed by atoms with Gasteiger partial charge in [-0.15, -0.1) is 0 Å². The summed E-state index contributed by atoms with van der Waals surface area (Å²) < 4.78 is 33.5. The Kier molecular flexibility index (Phi) is 6.99. The number of rotatable bonds is 7. The van der Waals surface area contributed by atoms with E-state index in [0.717, 1.165) is 18.7 Å². The number of piperazine rings is 1. The van der Waals surface area contributed by atoms with E-state index in [2.05, 4.69) is 4.90 Å². The molecule has 2 aromatic carbocycles. The Morgan fingerprint density at radius 1 is 1.00 bits per heavy atom. The van der Waals surface area contributed by atoms with Crippen molar-refractivity contribution < 1.29 is 17.9 Å². The van der Waals surface area contributed by atoms with Gasteiger partial charge in [-0.05, 0) is 57.3 Å². The Bertz CT molecular complexity index is 951. The average molecular weight is 432 g/mol. The van der Waals surface area contributed by atoms with Crippen molar-refractivity contribution in [1.82, 2.24) is 9.80 Å². The van der Waals surface area contributed by atoms with Crippen molar-refractivity contribution in [3.05, 3.63) is 54.1 Å². The fraction of sp³-hybridized carbons (Fsp3) is 0.409. The maximum Gasteiger partial charge on any atom is 0.264 e. The van der Waals surface area contributed by atoms with Crippen LogP contribution in [0, 0.1) is 6.92 Å². The summed E-state index contributed by atoms with van der Waals surface area (Å²) in [7, 11) is -1.90. The molecule has 1 aliphatic heterocycles. The van der Waals surface area contributed by atoms with Crippen LogP contribution in [0.2, 0.25) is 0 Å². The number of anilines is 1. The average Bonchev–Trinajstić information content (AvgIpc) is 2.73. The number of nitrogens with zero attached hydrogens (tertiary/aromatic N) is 3. The predicted octanol–water partition coefficient (Wildman–Crippen LogP) is 2.36. The van der Waals surface area contributed by atoms with E-state index in [1.807, 2.05) is 20.9 Å². The number of ether oxygens (including phenoxy) is 1. The van der Waals surface area contributed by atoms with Crippen molar-refractivity contribution >= 4 is 21.6 Å². The summed E-state index contributed by atoms with van der Waals surface area (Å²) >= 11 is 0. The first-order valence-corrected chi connectivity index (χ1v) is 11.5. The Balaban J connectivity index is 1.91. The lowest BCUT2D eigenvalue weighted by atomic mass is 10.2. The monoisotopic (exact) mass is 431 g/mol. The normalized spacial score (nSPS) is 15.1. The van der Waals surface area contributed by atoms with Gasteiger partial charge >= 0.3 is 0 Å². The summed E-state index contributed by atoms with van der Waals surface area (Å²) in [6, 6.07) is 13.5. The van der Waals surface area contributed by atoms with E-state index >= 15 is 0 Å². The van der Waals surface area contributed by atoms with Gasteiger partial charge in [-0.25, -0.2) is 8.42 Å². The molecule has 0 atom stereocenters. The molecule has 1 heterocycles. The van der Waals surface area contributed by atoms with Crippen LogP contribution in [0.4, 0.5) is 5.69 Å². The minimum absolute atomic E-state index is 0.160. The second-order valence-electron chi connectivity index (χ2n) is 7.44. The van der Waals surface area contributed by atoms with E-state index in [1.165, 1.54) is 4.31 Å². The highest BCUT2D eigenvalue weighted by molar-refractivity contribution is 7.92. The Hall–Kier alpha value is -2.58. The van der Waals surface area contributed by atoms with Crippen LogP contribution >= 0.6 is 0 Å². The number of benzene rings is 2. The predicted molar refractivity (Wildman–Crippen MR) is 117 cm³/mol. The topological polar surface area (TPSA) is 70.2 Å². The van der Waals surface area contributed by atoms with Gasteiger partial charge in [0.1, 0.15) is 12.3 Å². The Labute approximate surface area is 178 Å². The second-order valence-corrected chi connectivity index (χ2v) is 9.30. The van der Waals surface area contributed by atoms with Gasteiger partial charge in [0.2, 0.25) is 5.91 Å². The van der Waals surface area contributed by atoms with Crippen LogP contribution in [-0.4, -0.2) is 70.5 Å². The van der Waals surface area contributed by atoms with E-state index < -0.39 is 10.0 Å². The molecule has 1 amide bonds. The third-order valence-corrected chi connectivity index (χ3v) is 6.97. The van der Waals surface area contributed by atoms with E-state index in [4.69, 9.17) is 4.74 Å². The maximum atomic E-state index is 13.4. The largest absolute Gasteiger partial charge is 0.494 e. The number of amides is 1. The molecule has 0 N–H and O–H groups in total. The van der Waals surface area contributed by atoms with Crippen molar-refractivity contribution in [3.8, 4) is 5.75 Å². The van der Waals surface area contributed by atoms with Crippen molar-refractivity contribution in [3.63, 3.8) is 0 Å². The minimum atomic E-state index is -3.91. The molecule has 3 rings (SSSR count). The third-order valence-electron chi connectivity index (χ3n) is 5.18. The van der Waals surface area contributed by atoms with Crippen molar-refractivity contribution in [2.24, 2.45) is 0 Å². The van der Waals surface area contributed by atoms with Gasteiger partial charge < -0.3 is 14.5 Å². The Morgan fingerprint density at radius 2 is 1.60 bits per heavy atom. The van der Waals surface area contributed by atoms with E-state index in [1.54, 1.807) is 53.4 Å². The molecule has 8 heteroatoms. The van der Waals surface area contributed by atoms with Gasteiger partial charge in [-0.2, -0.15) is 0 Å². The second kappa shape index (κ2) is 9.49. The van der Waals surface area contributed by atoms with Crippen LogP contribution in [-0.2, 0) is 14.8 Å². The minimum Gasteiger partial charge on any atom is -0.494 e. The van der Waals surface area contributed by atoms with Crippen molar-refractivity contribution in [2.75, 3.05) is 50.7 Å². The maximum absolute atomic E-state index is 13.4.